The zero-order valence-electron chi connectivity index (χ0n) is 25.5. The number of anilines is 4. The van der Waals surface area contributed by atoms with Gasteiger partial charge in [0.15, 0.2) is 0 Å². The van der Waals surface area contributed by atoms with Crippen molar-refractivity contribution in [2.24, 2.45) is 0 Å². The Balaban J connectivity index is 1.26. The minimum atomic E-state index is 0.135. The minimum Gasteiger partial charge on any atom is -0.367 e. The van der Waals surface area contributed by atoms with Crippen molar-refractivity contribution in [1.82, 2.24) is 0 Å². The van der Waals surface area contributed by atoms with E-state index >= 15 is 0 Å². The number of hydrogen-bond acceptors (Lipinski definition) is 4. The molecule has 0 fully saturated rings. The molecule has 2 heterocycles. The summed E-state index contributed by atoms with van der Waals surface area (Å²) in [6.07, 6.45) is 0. The largest absolute Gasteiger partial charge is 0.367 e. The molecule has 1 unspecified atom stereocenters. The van der Waals surface area contributed by atoms with Gasteiger partial charge in [0.25, 0.3) is 0 Å². The van der Waals surface area contributed by atoms with Crippen LogP contribution in [0, 0.1) is 0 Å². The van der Waals surface area contributed by atoms with Crippen LogP contribution in [0.4, 0.5) is 22.7 Å². The van der Waals surface area contributed by atoms with Crippen LogP contribution in [0.5, 0.6) is 0 Å². The van der Waals surface area contributed by atoms with Crippen LogP contribution in [0.15, 0.2) is 175 Å². The highest BCUT2D eigenvalue weighted by Gasteiger charge is 2.31. The lowest BCUT2D eigenvalue weighted by molar-refractivity contribution is 1.13. The van der Waals surface area contributed by atoms with Gasteiger partial charge in [0, 0.05) is 31.7 Å². The first kappa shape index (κ1) is 28.0. The quantitative estimate of drug-likeness (QED) is 0.195. The van der Waals surface area contributed by atoms with Gasteiger partial charge in [0.2, 0.25) is 0 Å². The number of rotatable bonds is 6. The van der Waals surface area contributed by atoms with E-state index in [1.807, 2.05) is 23.1 Å². The number of hydrogen-bond donors (Lipinski definition) is 1. The summed E-state index contributed by atoms with van der Waals surface area (Å²) in [6, 6.07) is 61.3. The Kier molecular flexibility index (Phi) is 7.03. The molecule has 0 bridgehead atoms. The monoisotopic (exact) mass is 638 g/mol. The summed E-state index contributed by atoms with van der Waals surface area (Å²) in [4.78, 5) is 3.73. The maximum atomic E-state index is 3.98. The van der Waals surface area contributed by atoms with Crippen molar-refractivity contribution in [2.45, 2.75) is 10.3 Å². The molecule has 0 saturated heterocycles. The van der Waals surface area contributed by atoms with E-state index in [1.165, 1.54) is 64.3 Å². The highest BCUT2D eigenvalue weighted by atomic mass is 32.2. The van der Waals surface area contributed by atoms with E-state index in [0.29, 0.717) is 0 Å². The molecule has 0 amide bonds. The van der Waals surface area contributed by atoms with E-state index < -0.39 is 0 Å². The third-order valence-electron chi connectivity index (χ3n) is 8.92. The molecule has 47 heavy (non-hydrogen) atoms. The van der Waals surface area contributed by atoms with Crippen LogP contribution in [-0.2, 0) is 0 Å². The summed E-state index contributed by atoms with van der Waals surface area (Å²) in [5.41, 5.74) is 10.8. The second kappa shape index (κ2) is 11.8. The Hall–Kier alpha value is -5.29. The van der Waals surface area contributed by atoms with E-state index in [4.69, 9.17) is 0 Å². The lowest BCUT2D eigenvalue weighted by atomic mass is 10.0. The molecule has 7 aromatic carbocycles. The maximum absolute atomic E-state index is 3.98. The number of nitrogens with zero attached hydrogens (tertiary/aromatic N) is 1. The van der Waals surface area contributed by atoms with Crippen molar-refractivity contribution in [1.29, 1.82) is 0 Å². The van der Waals surface area contributed by atoms with Crippen LogP contribution in [0.2, 0.25) is 0 Å². The Labute approximate surface area is 283 Å². The predicted molar refractivity (Wildman–Crippen MR) is 204 cm³/mol. The summed E-state index contributed by atoms with van der Waals surface area (Å²) < 4.78 is 2.59. The molecule has 1 aliphatic heterocycles. The van der Waals surface area contributed by atoms with Crippen LogP contribution in [0.1, 0.15) is 10.9 Å². The van der Waals surface area contributed by atoms with E-state index in [9.17, 15) is 0 Å². The minimum absolute atomic E-state index is 0.135. The van der Waals surface area contributed by atoms with Gasteiger partial charge in [0.1, 0.15) is 5.37 Å². The normalized spacial score (nSPS) is 13.8. The molecule has 0 spiro atoms. The van der Waals surface area contributed by atoms with Crippen LogP contribution in [0.25, 0.3) is 42.4 Å². The molecule has 2 nitrogen and oxygen atoms in total. The summed E-state index contributed by atoms with van der Waals surface area (Å²) in [7, 11) is 0. The second-order valence-electron chi connectivity index (χ2n) is 11.8. The van der Waals surface area contributed by atoms with E-state index in [0.717, 1.165) is 11.4 Å². The summed E-state index contributed by atoms with van der Waals surface area (Å²) >= 11 is 3.78. The third kappa shape index (κ3) is 5.07. The molecule has 0 radical (unpaired) electrons. The zero-order valence-corrected chi connectivity index (χ0v) is 27.1. The first-order valence-electron chi connectivity index (χ1n) is 15.9. The molecule has 224 valence electrons. The molecule has 9 rings (SSSR count). The fourth-order valence-corrected chi connectivity index (χ4v) is 9.01. The van der Waals surface area contributed by atoms with E-state index in [2.05, 4.69) is 180 Å². The molecule has 8 aromatic rings. The molecule has 0 saturated carbocycles. The van der Waals surface area contributed by atoms with Crippen molar-refractivity contribution in [3.63, 3.8) is 0 Å². The average molecular weight is 639 g/mol. The lowest BCUT2D eigenvalue weighted by Gasteiger charge is -2.28. The van der Waals surface area contributed by atoms with Gasteiger partial charge < -0.3 is 10.2 Å². The molecule has 1 atom stereocenters. The molecular weight excluding hydrogens is 609 g/mol. The van der Waals surface area contributed by atoms with Crippen LogP contribution in [-0.4, -0.2) is 0 Å². The number of benzene rings is 7. The van der Waals surface area contributed by atoms with Gasteiger partial charge in [0.05, 0.1) is 16.1 Å². The molecule has 4 heteroatoms. The highest BCUT2D eigenvalue weighted by Crippen LogP contribution is 2.57. The van der Waals surface area contributed by atoms with Crippen molar-refractivity contribution < 1.29 is 0 Å². The second-order valence-corrected chi connectivity index (χ2v) is 14.0. The Morgan fingerprint density at radius 2 is 1.00 bits per heavy atom. The zero-order chi connectivity index (χ0) is 31.2. The lowest BCUT2D eigenvalue weighted by Crippen LogP contribution is -2.13. The number of nitrogens with one attached hydrogen (secondary N) is 1. The number of thioether (sulfide) groups is 1. The van der Waals surface area contributed by atoms with Gasteiger partial charge in [-0.15, -0.1) is 11.3 Å². The van der Waals surface area contributed by atoms with E-state index in [-0.39, 0.29) is 5.37 Å². The van der Waals surface area contributed by atoms with Crippen molar-refractivity contribution >= 4 is 66.0 Å². The molecular formula is C43H30N2S2. The van der Waals surface area contributed by atoms with E-state index in [1.54, 1.807) is 0 Å². The van der Waals surface area contributed by atoms with Gasteiger partial charge in [-0.25, -0.2) is 0 Å². The van der Waals surface area contributed by atoms with Gasteiger partial charge in [-0.2, -0.15) is 0 Å². The Morgan fingerprint density at radius 1 is 0.489 bits per heavy atom. The Bertz CT molecular complexity index is 2250. The average Bonchev–Trinajstić information content (AvgIpc) is 3.75. The SMILES string of the molecule is c1ccc(-c2ccc(N(c3ccc(-c4ccccc4)cc3)c3c4c(cc5c3sc3ccccc35)SC(c3ccccc3)N4)cc2)cc1. The fourth-order valence-electron chi connectivity index (χ4n) is 6.60. The third-order valence-corrected chi connectivity index (χ3v) is 11.3. The summed E-state index contributed by atoms with van der Waals surface area (Å²) in [6.45, 7) is 0. The molecule has 1 aromatic heterocycles. The van der Waals surface area contributed by atoms with Crippen molar-refractivity contribution in [2.75, 3.05) is 10.2 Å². The standard InChI is InChI=1S/C43H30N2S2/c1-4-12-29(13-5-1)31-20-24-34(25-21-31)45(35-26-22-32(23-27-35)30-14-6-2-7-15-30)41-40-39(47-43(44-40)33-16-8-3-9-17-33)28-37-36-18-10-11-19-38(36)46-42(37)41/h1-28,43-44H. The number of fused-ring (bicyclic) bond motifs is 4. The van der Waals surface area contributed by atoms with Gasteiger partial charge in [-0.1, -0.05) is 145 Å². The summed E-state index contributed by atoms with van der Waals surface area (Å²) in [5.74, 6) is 0. The van der Waals surface area contributed by atoms with Gasteiger partial charge >= 0.3 is 0 Å². The Morgan fingerprint density at radius 3 is 1.60 bits per heavy atom. The molecule has 0 aliphatic carbocycles. The van der Waals surface area contributed by atoms with Crippen molar-refractivity contribution in [3.05, 3.63) is 175 Å². The smallest absolute Gasteiger partial charge is 0.103 e. The maximum Gasteiger partial charge on any atom is 0.103 e. The van der Waals surface area contributed by atoms with Gasteiger partial charge in [-0.3, -0.25) is 0 Å². The first-order chi connectivity index (χ1) is 23.3. The van der Waals surface area contributed by atoms with Crippen LogP contribution < -0.4 is 10.2 Å². The first-order valence-corrected chi connectivity index (χ1v) is 17.6. The molecule has 1 N–H and O–H groups in total. The highest BCUT2D eigenvalue weighted by molar-refractivity contribution is 8.00. The topological polar surface area (TPSA) is 15.3 Å². The fraction of sp³-hybridized carbons (Fsp3) is 0.0233. The van der Waals surface area contributed by atoms with Crippen LogP contribution >= 0.6 is 23.1 Å². The molecule has 1 aliphatic rings. The number of thiophene rings is 1. The predicted octanol–water partition coefficient (Wildman–Crippen LogP) is 13.1. The van der Waals surface area contributed by atoms with Crippen molar-refractivity contribution in [3.8, 4) is 22.3 Å². The summed E-state index contributed by atoms with van der Waals surface area (Å²) in [5, 5.41) is 6.72. The van der Waals surface area contributed by atoms with Crippen LogP contribution in [0.3, 0.4) is 0 Å². The van der Waals surface area contributed by atoms with Gasteiger partial charge in [-0.05, 0) is 64.2 Å².